The summed E-state index contributed by atoms with van der Waals surface area (Å²) < 4.78 is 38.0. The first kappa shape index (κ1) is 19.9. The van der Waals surface area contributed by atoms with Crippen LogP contribution in [0.4, 0.5) is 8.78 Å². The van der Waals surface area contributed by atoms with Gasteiger partial charge in [-0.3, -0.25) is 4.79 Å². The number of ether oxygens (including phenoxy) is 2. The molecule has 0 unspecified atom stereocenters. The van der Waals surface area contributed by atoms with E-state index in [0.717, 1.165) is 24.9 Å². The van der Waals surface area contributed by atoms with Crippen molar-refractivity contribution in [2.24, 2.45) is 5.92 Å². The summed E-state index contributed by atoms with van der Waals surface area (Å²) in [5.74, 6) is -3.43. The molecular weight excluding hydrogens is 342 g/mol. The summed E-state index contributed by atoms with van der Waals surface area (Å²) in [6.07, 6.45) is 5.48. The van der Waals surface area contributed by atoms with Gasteiger partial charge < -0.3 is 9.47 Å². The minimum atomic E-state index is -1.16. The number of benzene rings is 1. The van der Waals surface area contributed by atoms with Crippen molar-refractivity contribution < 1.29 is 23.0 Å². The van der Waals surface area contributed by atoms with Gasteiger partial charge in [-0.15, -0.1) is 0 Å². The summed E-state index contributed by atoms with van der Waals surface area (Å²) in [6, 6.07) is 6.19. The van der Waals surface area contributed by atoms with Gasteiger partial charge in [0.25, 0.3) is 0 Å². The molecule has 2 rings (SSSR count). The Labute approximate surface area is 150 Å². The van der Waals surface area contributed by atoms with Crippen LogP contribution < -0.4 is 9.47 Å². The van der Waals surface area contributed by atoms with Crippen molar-refractivity contribution in [2.75, 3.05) is 6.61 Å². The third kappa shape index (κ3) is 5.52. The molecule has 0 N–H and O–H groups in total. The maximum atomic E-state index is 14.0. The van der Waals surface area contributed by atoms with E-state index in [4.69, 9.17) is 9.47 Å². The third-order valence-electron chi connectivity index (χ3n) is 4.92. The molecule has 1 aliphatic rings. The van der Waals surface area contributed by atoms with Crippen LogP contribution in [0.3, 0.4) is 0 Å². The van der Waals surface area contributed by atoms with Gasteiger partial charge in [-0.05, 0) is 31.9 Å². The number of hydrogen-bond donors (Lipinski definition) is 0. The van der Waals surface area contributed by atoms with Gasteiger partial charge in [0.15, 0.2) is 11.5 Å². The Bertz CT molecular complexity index is 572. The second-order valence-electron chi connectivity index (χ2n) is 6.76. The van der Waals surface area contributed by atoms with Crippen LogP contribution in [0.15, 0.2) is 12.1 Å². The molecule has 1 heterocycles. The lowest BCUT2D eigenvalue weighted by molar-refractivity contribution is -0.139. The Morgan fingerprint density at radius 3 is 2.40 bits per heavy atom. The molecular formula is C19H28F2O3Si. The maximum Gasteiger partial charge on any atom is 0.314 e. The first-order valence-electron chi connectivity index (χ1n) is 9.39. The third-order valence-corrected chi connectivity index (χ3v) is 8.44. The highest BCUT2D eigenvalue weighted by Crippen LogP contribution is 2.32. The molecule has 1 aromatic carbocycles. The summed E-state index contributed by atoms with van der Waals surface area (Å²) in [5, 5.41) is 0. The van der Waals surface area contributed by atoms with E-state index in [2.05, 4.69) is 6.92 Å². The van der Waals surface area contributed by atoms with E-state index >= 15 is 0 Å². The van der Waals surface area contributed by atoms with Crippen LogP contribution >= 0.6 is 0 Å². The molecule has 1 fully saturated rings. The average molecular weight is 371 g/mol. The van der Waals surface area contributed by atoms with Crippen molar-refractivity contribution >= 4 is 14.8 Å². The highest BCUT2D eigenvalue weighted by Gasteiger charge is 2.29. The molecule has 0 aromatic heterocycles. The Hall–Kier alpha value is -1.43. The maximum absolute atomic E-state index is 14.0. The Kier molecular flexibility index (Phi) is 7.87. The van der Waals surface area contributed by atoms with E-state index in [0.29, 0.717) is 0 Å². The van der Waals surface area contributed by atoms with Gasteiger partial charge in [0.05, 0.1) is 12.5 Å². The zero-order valence-electron chi connectivity index (χ0n) is 15.2. The Morgan fingerprint density at radius 1 is 1.12 bits per heavy atom. The molecule has 0 spiro atoms. The van der Waals surface area contributed by atoms with Crippen LogP contribution in [0.1, 0.15) is 46.0 Å². The molecule has 0 aliphatic carbocycles. The van der Waals surface area contributed by atoms with Crippen LogP contribution in [0.2, 0.25) is 18.1 Å². The normalized spacial score (nSPS) is 20.3. The van der Waals surface area contributed by atoms with E-state index in [1.807, 2.05) is 0 Å². The van der Waals surface area contributed by atoms with Crippen LogP contribution in [0.5, 0.6) is 11.5 Å². The number of rotatable bonds is 8. The molecule has 1 saturated heterocycles. The number of hydrogen-bond acceptors (Lipinski definition) is 3. The van der Waals surface area contributed by atoms with Crippen LogP contribution in [-0.2, 0) is 4.79 Å². The number of halogens is 2. The smallest absolute Gasteiger partial charge is 0.314 e. The van der Waals surface area contributed by atoms with E-state index < -0.39 is 26.4 Å². The number of carbonyl (C=O) groups excluding carboxylic acids is 1. The van der Waals surface area contributed by atoms with Gasteiger partial charge in [-0.2, -0.15) is 8.78 Å². The lowest BCUT2D eigenvalue weighted by Crippen LogP contribution is -2.29. The molecule has 140 valence electrons. The molecule has 6 heteroatoms. The van der Waals surface area contributed by atoms with Gasteiger partial charge in [0.2, 0.25) is 11.6 Å². The number of unbranched alkanes of at least 4 members (excludes halogenated alkanes) is 2. The van der Waals surface area contributed by atoms with Gasteiger partial charge in [-0.1, -0.05) is 44.3 Å². The lowest BCUT2D eigenvalue weighted by atomic mass is 10.0. The van der Waals surface area contributed by atoms with Crippen molar-refractivity contribution in [1.82, 2.24) is 0 Å². The number of esters is 1. The van der Waals surface area contributed by atoms with E-state index in [1.54, 1.807) is 6.92 Å². The fourth-order valence-corrected chi connectivity index (χ4v) is 6.90. The lowest BCUT2D eigenvalue weighted by Gasteiger charge is -2.26. The summed E-state index contributed by atoms with van der Waals surface area (Å²) in [6.45, 7) is 4.13. The van der Waals surface area contributed by atoms with Gasteiger partial charge in [0.1, 0.15) is 0 Å². The van der Waals surface area contributed by atoms with Crippen LogP contribution in [-0.4, -0.2) is 21.4 Å². The van der Waals surface area contributed by atoms with Crippen LogP contribution in [0, 0.1) is 17.6 Å². The summed E-state index contributed by atoms with van der Waals surface area (Å²) in [7, 11) is -0.714. The highest BCUT2D eigenvalue weighted by atomic mass is 28.3. The standard InChI is InChI=1S/C19H28F2O3Si/c1-3-5-6-11-25-12-9-14(10-13-25)19(22)24-16-8-7-15(23-4-2)17(20)18(16)21/h7-8,14,25H,3-6,9-13H2,1-2H3. The van der Waals surface area contributed by atoms with Crippen molar-refractivity contribution in [1.29, 1.82) is 0 Å². The molecule has 25 heavy (non-hydrogen) atoms. The van der Waals surface area contributed by atoms with Gasteiger partial charge in [-0.25, -0.2) is 0 Å². The first-order valence-corrected chi connectivity index (χ1v) is 11.8. The molecule has 0 atom stereocenters. The van der Waals surface area contributed by atoms with E-state index in [1.165, 1.54) is 37.4 Å². The predicted molar refractivity (Wildman–Crippen MR) is 97.0 cm³/mol. The zero-order chi connectivity index (χ0) is 18.2. The Balaban J connectivity index is 1.87. The molecule has 0 amide bonds. The zero-order valence-corrected chi connectivity index (χ0v) is 16.3. The van der Waals surface area contributed by atoms with Crippen molar-refractivity contribution in [3.63, 3.8) is 0 Å². The summed E-state index contributed by atoms with van der Waals surface area (Å²) >= 11 is 0. The fourth-order valence-electron chi connectivity index (χ4n) is 3.42. The molecule has 1 aromatic rings. The van der Waals surface area contributed by atoms with Crippen molar-refractivity contribution in [3.8, 4) is 11.5 Å². The Morgan fingerprint density at radius 2 is 1.76 bits per heavy atom. The monoisotopic (exact) mass is 370 g/mol. The highest BCUT2D eigenvalue weighted by molar-refractivity contribution is 6.59. The topological polar surface area (TPSA) is 35.5 Å². The number of carbonyl (C=O) groups is 1. The molecule has 0 bridgehead atoms. The van der Waals surface area contributed by atoms with E-state index in [-0.39, 0.29) is 24.0 Å². The van der Waals surface area contributed by atoms with Crippen LogP contribution in [0.25, 0.3) is 0 Å². The average Bonchev–Trinajstić information content (AvgIpc) is 2.62. The first-order chi connectivity index (χ1) is 12.1. The summed E-state index contributed by atoms with van der Waals surface area (Å²) in [5.41, 5.74) is 0. The van der Waals surface area contributed by atoms with Crippen molar-refractivity contribution in [2.45, 2.75) is 64.1 Å². The molecule has 0 radical (unpaired) electrons. The van der Waals surface area contributed by atoms with Gasteiger partial charge in [0, 0.05) is 8.80 Å². The predicted octanol–water partition coefficient (Wildman–Crippen LogP) is 5.10. The van der Waals surface area contributed by atoms with Gasteiger partial charge >= 0.3 is 5.97 Å². The molecule has 3 nitrogen and oxygen atoms in total. The van der Waals surface area contributed by atoms with E-state index in [9.17, 15) is 13.6 Å². The SMILES string of the molecule is CCCCC[SiH]1CCC(C(=O)Oc2ccc(OCC)c(F)c2F)CC1. The largest absolute Gasteiger partial charge is 0.491 e. The molecule has 0 saturated carbocycles. The fraction of sp³-hybridized carbons (Fsp3) is 0.632. The molecule has 1 aliphatic heterocycles. The summed E-state index contributed by atoms with van der Waals surface area (Å²) in [4.78, 5) is 12.3. The minimum Gasteiger partial charge on any atom is -0.491 e. The second kappa shape index (κ2) is 9.90. The second-order valence-corrected chi connectivity index (χ2v) is 10.2. The van der Waals surface area contributed by atoms with Crippen molar-refractivity contribution in [3.05, 3.63) is 23.8 Å². The quantitative estimate of drug-likeness (QED) is 0.276. The minimum absolute atomic E-state index is 0.168.